The fourth-order valence-electron chi connectivity index (χ4n) is 1.77. The van der Waals surface area contributed by atoms with Crippen LogP contribution in [0.15, 0.2) is 18.2 Å². The minimum absolute atomic E-state index is 0.0802. The number of carbonyl (C=O) groups is 1. The minimum Gasteiger partial charge on any atom is -0.385 e. The van der Waals surface area contributed by atoms with Gasteiger partial charge in [0.2, 0.25) is 10.0 Å². The van der Waals surface area contributed by atoms with Crippen LogP contribution in [0.2, 0.25) is 0 Å². The summed E-state index contributed by atoms with van der Waals surface area (Å²) < 4.78 is 24.7. The second-order valence-electron chi connectivity index (χ2n) is 4.74. The molecule has 0 saturated heterocycles. The van der Waals surface area contributed by atoms with Gasteiger partial charge in [0.25, 0.3) is 5.91 Å². The number of benzene rings is 1. The maximum atomic E-state index is 11.9. The summed E-state index contributed by atoms with van der Waals surface area (Å²) in [6.07, 6.45) is 1.03. The number of aryl methyl sites for hydroxylation is 1. The lowest BCUT2D eigenvalue weighted by Crippen LogP contribution is -2.32. The molecule has 0 aliphatic carbocycles. The summed E-state index contributed by atoms with van der Waals surface area (Å²) in [5.41, 5.74) is 2.52. The molecule has 1 rings (SSSR count). The highest BCUT2D eigenvalue weighted by Crippen LogP contribution is 2.16. The molecule has 0 aromatic heterocycles. The Labute approximate surface area is 126 Å². The number of nitrogens with one attached hydrogen (secondary N) is 3. The number of amides is 1. The molecule has 0 heterocycles. The Morgan fingerprint density at radius 3 is 2.52 bits per heavy atom. The third kappa shape index (κ3) is 5.73. The van der Waals surface area contributed by atoms with E-state index in [1.807, 2.05) is 13.0 Å². The summed E-state index contributed by atoms with van der Waals surface area (Å²) in [6.45, 7) is 4.98. The zero-order chi connectivity index (χ0) is 15.9. The van der Waals surface area contributed by atoms with Crippen LogP contribution in [0.25, 0.3) is 0 Å². The maximum absolute atomic E-state index is 11.9. The third-order valence-corrected chi connectivity index (χ3v) is 4.38. The fourth-order valence-corrected chi connectivity index (χ4v) is 2.34. The van der Waals surface area contributed by atoms with E-state index in [0.29, 0.717) is 5.56 Å². The number of hydrogen-bond acceptors (Lipinski definition) is 4. The molecule has 118 valence electrons. The van der Waals surface area contributed by atoms with Crippen LogP contribution in [-0.4, -0.2) is 40.2 Å². The SMILES string of the molecule is CCCNc1ccc(C(=O)NCCS(=O)(=O)NC)cc1C. The van der Waals surface area contributed by atoms with E-state index in [4.69, 9.17) is 0 Å². The molecule has 0 bridgehead atoms. The molecule has 6 nitrogen and oxygen atoms in total. The zero-order valence-corrected chi connectivity index (χ0v) is 13.5. The quantitative estimate of drug-likeness (QED) is 0.670. The summed E-state index contributed by atoms with van der Waals surface area (Å²) in [6, 6.07) is 5.39. The minimum atomic E-state index is -3.30. The molecule has 21 heavy (non-hydrogen) atoms. The van der Waals surface area contributed by atoms with Gasteiger partial charge in [-0.25, -0.2) is 13.1 Å². The highest BCUT2D eigenvalue weighted by Gasteiger charge is 2.10. The van der Waals surface area contributed by atoms with Gasteiger partial charge in [-0.2, -0.15) is 0 Å². The van der Waals surface area contributed by atoms with Crippen LogP contribution < -0.4 is 15.4 Å². The van der Waals surface area contributed by atoms with Crippen molar-refractivity contribution >= 4 is 21.6 Å². The van der Waals surface area contributed by atoms with Gasteiger partial charge in [-0.05, 0) is 44.2 Å². The molecule has 0 fully saturated rings. The Morgan fingerprint density at radius 1 is 1.24 bits per heavy atom. The molecule has 1 aromatic carbocycles. The van der Waals surface area contributed by atoms with Gasteiger partial charge >= 0.3 is 0 Å². The number of hydrogen-bond donors (Lipinski definition) is 3. The predicted molar refractivity (Wildman–Crippen MR) is 85.1 cm³/mol. The van der Waals surface area contributed by atoms with Gasteiger partial charge in [0, 0.05) is 24.3 Å². The topological polar surface area (TPSA) is 87.3 Å². The Kier molecular flexibility index (Phi) is 6.64. The molecular formula is C14H23N3O3S. The van der Waals surface area contributed by atoms with Crippen LogP contribution in [0, 0.1) is 6.92 Å². The molecule has 1 amide bonds. The van der Waals surface area contributed by atoms with E-state index in [1.165, 1.54) is 7.05 Å². The monoisotopic (exact) mass is 313 g/mol. The van der Waals surface area contributed by atoms with E-state index in [-0.39, 0.29) is 18.2 Å². The Morgan fingerprint density at radius 2 is 1.95 bits per heavy atom. The van der Waals surface area contributed by atoms with Gasteiger partial charge in [-0.15, -0.1) is 0 Å². The van der Waals surface area contributed by atoms with Crippen molar-refractivity contribution in [1.29, 1.82) is 0 Å². The van der Waals surface area contributed by atoms with Crippen molar-refractivity contribution in [1.82, 2.24) is 10.0 Å². The normalized spacial score (nSPS) is 11.2. The molecule has 0 aliphatic heterocycles. The lowest BCUT2D eigenvalue weighted by atomic mass is 10.1. The van der Waals surface area contributed by atoms with E-state index in [1.54, 1.807) is 12.1 Å². The van der Waals surface area contributed by atoms with Crippen molar-refractivity contribution in [3.63, 3.8) is 0 Å². The summed E-state index contributed by atoms with van der Waals surface area (Å²) in [4.78, 5) is 11.9. The van der Waals surface area contributed by atoms with Crippen molar-refractivity contribution in [2.24, 2.45) is 0 Å². The molecule has 0 radical (unpaired) electrons. The lowest BCUT2D eigenvalue weighted by molar-refractivity contribution is 0.0956. The van der Waals surface area contributed by atoms with E-state index >= 15 is 0 Å². The van der Waals surface area contributed by atoms with Gasteiger partial charge in [0.05, 0.1) is 5.75 Å². The first-order chi connectivity index (χ1) is 9.89. The van der Waals surface area contributed by atoms with Crippen LogP contribution in [-0.2, 0) is 10.0 Å². The van der Waals surface area contributed by atoms with Gasteiger partial charge in [-0.1, -0.05) is 6.92 Å². The van der Waals surface area contributed by atoms with E-state index in [0.717, 1.165) is 24.2 Å². The molecule has 0 spiro atoms. The Bertz CT molecular complexity index is 585. The number of carbonyl (C=O) groups excluding carboxylic acids is 1. The Balaban J connectivity index is 2.61. The summed E-state index contributed by atoms with van der Waals surface area (Å²) in [5, 5.41) is 5.88. The smallest absolute Gasteiger partial charge is 0.251 e. The van der Waals surface area contributed by atoms with Crippen molar-refractivity contribution in [3.05, 3.63) is 29.3 Å². The molecule has 1 aromatic rings. The standard InChI is InChI=1S/C14H23N3O3S/c1-4-7-16-13-6-5-12(10-11(13)2)14(18)17-8-9-21(19,20)15-3/h5-6,10,15-16H,4,7-9H2,1-3H3,(H,17,18). The molecule has 7 heteroatoms. The second-order valence-corrected chi connectivity index (χ2v) is 6.78. The molecule has 0 saturated carbocycles. The van der Waals surface area contributed by atoms with Crippen molar-refractivity contribution in [2.75, 3.05) is 31.2 Å². The highest BCUT2D eigenvalue weighted by molar-refractivity contribution is 7.89. The highest BCUT2D eigenvalue weighted by atomic mass is 32.2. The van der Waals surface area contributed by atoms with E-state index < -0.39 is 10.0 Å². The molecule has 0 aliphatic rings. The van der Waals surface area contributed by atoms with Crippen LogP contribution in [0.5, 0.6) is 0 Å². The van der Waals surface area contributed by atoms with E-state index in [9.17, 15) is 13.2 Å². The average Bonchev–Trinajstić information content (AvgIpc) is 2.45. The van der Waals surface area contributed by atoms with Crippen molar-refractivity contribution in [3.8, 4) is 0 Å². The third-order valence-electron chi connectivity index (χ3n) is 3.02. The molecule has 3 N–H and O–H groups in total. The number of anilines is 1. The van der Waals surface area contributed by atoms with Crippen LogP contribution in [0.1, 0.15) is 29.3 Å². The van der Waals surface area contributed by atoms with Gasteiger partial charge in [0.15, 0.2) is 0 Å². The Hall–Kier alpha value is -1.60. The van der Waals surface area contributed by atoms with E-state index in [2.05, 4.69) is 22.3 Å². The van der Waals surface area contributed by atoms with Crippen molar-refractivity contribution < 1.29 is 13.2 Å². The summed E-state index contributed by atoms with van der Waals surface area (Å²) in [5.74, 6) is -0.406. The van der Waals surface area contributed by atoms with Gasteiger partial charge in [-0.3, -0.25) is 4.79 Å². The van der Waals surface area contributed by atoms with Crippen LogP contribution in [0.3, 0.4) is 0 Å². The lowest BCUT2D eigenvalue weighted by Gasteiger charge is -2.11. The van der Waals surface area contributed by atoms with Crippen LogP contribution in [0.4, 0.5) is 5.69 Å². The summed E-state index contributed by atoms with van der Waals surface area (Å²) in [7, 11) is -1.95. The fraction of sp³-hybridized carbons (Fsp3) is 0.500. The summed E-state index contributed by atoms with van der Waals surface area (Å²) >= 11 is 0. The first-order valence-electron chi connectivity index (χ1n) is 6.93. The largest absolute Gasteiger partial charge is 0.385 e. The first-order valence-corrected chi connectivity index (χ1v) is 8.58. The second kappa shape index (κ2) is 7.99. The molecule has 0 unspecified atom stereocenters. The maximum Gasteiger partial charge on any atom is 0.251 e. The van der Waals surface area contributed by atoms with Crippen LogP contribution >= 0.6 is 0 Å². The predicted octanol–water partition coefficient (Wildman–Crippen LogP) is 1.10. The number of rotatable bonds is 8. The van der Waals surface area contributed by atoms with Gasteiger partial charge < -0.3 is 10.6 Å². The van der Waals surface area contributed by atoms with Gasteiger partial charge in [0.1, 0.15) is 0 Å². The average molecular weight is 313 g/mol. The number of sulfonamides is 1. The molecular weight excluding hydrogens is 290 g/mol. The first kappa shape index (κ1) is 17.5. The zero-order valence-electron chi connectivity index (χ0n) is 12.7. The molecule has 0 atom stereocenters. The van der Waals surface area contributed by atoms with Crippen molar-refractivity contribution in [2.45, 2.75) is 20.3 Å².